The van der Waals surface area contributed by atoms with E-state index >= 15 is 0 Å². The van der Waals surface area contributed by atoms with Crippen molar-refractivity contribution in [1.82, 2.24) is 28.2 Å². The van der Waals surface area contributed by atoms with Crippen molar-refractivity contribution in [2.45, 2.75) is 10.8 Å². The summed E-state index contributed by atoms with van der Waals surface area (Å²) in [6.07, 6.45) is 0. The van der Waals surface area contributed by atoms with Crippen LogP contribution in [0.15, 0.2) is 437 Å². The van der Waals surface area contributed by atoms with E-state index in [2.05, 4.69) is 455 Å². The number of para-hydroxylation sites is 4. The summed E-state index contributed by atoms with van der Waals surface area (Å²) >= 11 is 0. The van der Waals surface area contributed by atoms with E-state index in [1.165, 1.54) is 105 Å². The van der Waals surface area contributed by atoms with Gasteiger partial charge in [-0.05, 0) is 204 Å². The third-order valence-corrected chi connectivity index (χ3v) is 26.1. The lowest BCUT2D eigenvalue weighted by Crippen LogP contribution is -2.28. The predicted octanol–water partition coefficient (Wildman–Crippen LogP) is 28.3. The van der Waals surface area contributed by atoms with Crippen molar-refractivity contribution in [2.24, 2.45) is 0 Å². The third kappa shape index (κ3) is 9.85. The van der Waals surface area contributed by atoms with Gasteiger partial charge < -0.3 is 13.7 Å². The molecule has 6 nitrogen and oxygen atoms in total. The van der Waals surface area contributed by atoms with E-state index < -0.39 is 10.8 Å². The molecular formula is C114H72N6. The fraction of sp³-hybridized carbons (Fsp3) is 0.0175. The van der Waals surface area contributed by atoms with E-state index in [-0.39, 0.29) is 0 Å². The van der Waals surface area contributed by atoms with Gasteiger partial charge in [0.15, 0.2) is 0 Å². The highest BCUT2D eigenvalue weighted by Gasteiger charge is 2.48. The van der Waals surface area contributed by atoms with Crippen LogP contribution in [0.2, 0.25) is 0 Å². The summed E-state index contributed by atoms with van der Waals surface area (Å²) in [5, 5.41) is 9.44. The lowest BCUT2D eigenvalue weighted by atomic mass is 9.67. The van der Waals surface area contributed by atoms with Crippen molar-refractivity contribution in [3.8, 4) is 90.0 Å². The second-order valence-electron chi connectivity index (χ2n) is 32.2. The Morgan fingerprint density at radius 3 is 0.850 bits per heavy atom. The van der Waals surface area contributed by atoms with E-state index in [9.17, 15) is 0 Å². The molecule has 120 heavy (non-hydrogen) atoms. The first-order valence-corrected chi connectivity index (χ1v) is 41.4. The standard InChI is InChI=1S/C114H72N6/c1-6-29-73(30-7-1)102-72-103(116-112(115-102)120-107-52-27-21-46-93(107)97-69-77(56-64-111(97)120)76-55-63-110-96(68-76)92-45-20-26-51-106(92)119(110)85-58-60-89-87-42-17-23-48-99(87)114(101(89)71-85,81-36-12-4-13-37-81)82-38-14-5-15-39-82)78-31-28-40-83(65-78)117-104-49-24-18-43-90(104)94-66-74(53-61-108(94)117)75-54-62-109-95(67-75)91-44-19-25-50-105(91)118(109)84-57-59-88-86-41-16-22-47-98(86)113(100(88)70-84,79-32-8-2-9-33-79)80-34-10-3-11-35-80/h1-72H. The summed E-state index contributed by atoms with van der Waals surface area (Å²) in [4.78, 5) is 11.2. The SMILES string of the molecule is c1ccc(-c2cc(-c3cccc(-n4c5ccccc5c5cc(-c6ccc7c(c6)c6ccccc6n7-c6ccc7c(c6)C(c6ccccc6)(c6ccccc6)c6ccccc6-7)ccc54)c3)nc(-n3c4ccccc4c4cc(-c5ccc6c(c5)c5ccccc5n6-c5ccc6c(c5)C(c5ccccc5)(c5ccccc5)c5ccccc5-6)ccc43)n2)cc1. The topological polar surface area (TPSA) is 45.5 Å². The molecule has 0 spiro atoms. The normalized spacial score (nSPS) is 13.1. The van der Waals surface area contributed by atoms with Crippen molar-refractivity contribution >= 4 is 87.2 Å². The molecule has 2 aliphatic carbocycles. The maximum Gasteiger partial charge on any atom is 0.235 e. The lowest BCUT2D eigenvalue weighted by molar-refractivity contribution is 0.767. The summed E-state index contributed by atoms with van der Waals surface area (Å²) in [6, 6.07) is 162. The van der Waals surface area contributed by atoms with Crippen LogP contribution in [0, 0.1) is 0 Å². The minimum Gasteiger partial charge on any atom is -0.309 e. The van der Waals surface area contributed by atoms with Crippen LogP contribution >= 0.6 is 0 Å². The van der Waals surface area contributed by atoms with Gasteiger partial charge in [0.05, 0.1) is 66.4 Å². The van der Waals surface area contributed by atoms with Crippen LogP contribution < -0.4 is 0 Å². The molecule has 0 bridgehead atoms. The zero-order valence-corrected chi connectivity index (χ0v) is 65.3. The summed E-state index contributed by atoms with van der Waals surface area (Å²) in [5.41, 5.74) is 34.7. The smallest absolute Gasteiger partial charge is 0.235 e. The van der Waals surface area contributed by atoms with Crippen molar-refractivity contribution in [3.05, 3.63) is 481 Å². The number of hydrogen-bond donors (Lipinski definition) is 0. The van der Waals surface area contributed by atoms with Crippen LogP contribution in [-0.2, 0) is 10.8 Å². The molecule has 6 heteroatoms. The van der Waals surface area contributed by atoms with Gasteiger partial charge in [0.2, 0.25) is 5.95 Å². The van der Waals surface area contributed by atoms with Crippen molar-refractivity contribution in [2.75, 3.05) is 0 Å². The highest BCUT2D eigenvalue weighted by Crippen LogP contribution is 2.59. The Bertz CT molecular complexity index is 8070. The monoisotopic (exact) mass is 1520 g/mol. The largest absolute Gasteiger partial charge is 0.309 e. The van der Waals surface area contributed by atoms with Gasteiger partial charge in [-0.15, -0.1) is 0 Å². The molecule has 25 rings (SSSR count). The molecule has 18 aromatic carbocycles. The molecule has 0 atom stereocenters. The van der Waals surface area contributed by atoms with Gasteiger partial charge in [-0.25, -0.2) is 9.97 Å². The Kier molecular flexibility index (Phi) is 14.9. The van der Waals surface area contributed by atoms with E-state index in [0.717, 1.165) is 111 Å². The molecule has 0 amide bonds. The zero-order chi connectivity index (χ0) is 78.7. The second-order valence-corrected chi connectivity index (χ2v) is 32.2. The van der Waals surface area contributed by atoms with Crippen LogP contribution in [0.3, 0.4) is 0 Å². The molecule has 0 saturated carbocycles. The lowest BCUT2D eigenvalue weighted by Gasteiger charge is -2.34. The highest BCUT2D eigenvalue weighted by molar-refractivity contribution is 6.15. The molecule has 0 aliphatic heterocycles. The van der Waals surface area contributed by atoms with Crippen molar-refractivity contribution in [3.63, 3.8) is 0 Å². The van der Waals surface area contributed by atoms with E-state index in [1.807, 2.05) is 0 Å². The second kappa shape index (κ2) is 26.4. The zero-order valence-electron chi connectivity index (χ0n) is 65.3. The number of benzene rings is 18. The molecule has 5 heterocycles. The quantitative estimate of drug-likeness (QED) is 0.122. The molecule has 5 aromatic heterocycles. The molecule has 0 unspecified atom stereocenters. The van der Waals surface area contributed by atoms with E-state index in [0.29, 0.717) is 5.95 Å². The number of fused-ring (bicyclic) bond motifs is 18. The highest BCUT2D eigenvalue weighted by atomic mass is 15.2. The Labute approximate surface area is 693 Å². The molecule has 0 saturated heterocycles. The minimum atomic E-state index is -0.523. The number of aromatic nitrogens is 6. The number of nitrogens with zero attached hydrogens (tertiary/aromatic N) is 6. The Morgan fingerprint density at radius 1 is 0.167 bits per heavy atom. The molecule has 0 radical (unpaired) electrons. The summed E-state index contributed by atoms with van der Waals surface area (Å²) in [7, 11) is 0. The van der Waals surface area contributed by atoms with Gasteiger partial charge in [0, 0.05) is 71.3 Å². The van der Waals surface area contributed by atoms with Crippen molar-refractivity contribution < 1.29 is 0 Å². The van der Waals surface area contributed by atoms with Gasteiger partial charge >= 0.3 is 0 Å². The van der Waals surface area contributed by atoms with Crippen LogP contribution in [0.25, 0.3) is 177 Å². The molecule has 0 N–H and O–H groups in total. The van der Waals surface area contributed by atoms with Crippen LogP contribution in [-0.4, -0.2) is 28.2 Å². The van der Waals surface area contributed by atoms with Gasteiger partial charge in [-0.2, -0.15) is 0 Å². The van der Waals surface area contributed by atoms with Crippen LogP contribution in [0.5, 0.6) is 0 Å². The van der Waals surface area contributed by atoms with Gasteiger partial charge in [-0.1, -0.05) is 322 Å². The maximum atomic E-state index is 5.65. The minimum absolute atomic E-state index is 0.518. The first kappa shape index (κ1) is 67.6. The van der Waals surface area contributed by atoms with Gasteiger partial charge in [0.25, 0.3) is 0 Å². The van der Waals surface area contributed by atoms with Crippen LogP contribution in [0.1, 0.15) is 44.5 Å². The van der Waals surface area contributed by atoms with E-state index in [4.69, 9.17) is 9.97 Å². The van der Waals surface area contributed by atoms with Gasteiger partial charge in [-0.3, -0.25) is 4.57 Å². The van der Waals surface area contributed by atoms with Crippen LogP contribution in [0.4, 0.5) is 0 Å². The fourth-order valence-electron chi connectivity index (χ4n) is 21.0. The summed E-state index contributed by atoms with van der Waals surface area (Å²) in [6.45, 7) is 0. The predicted molar refractivity (Wildman–Crippen MR) is 496 cm³/mol. The number of rotatable bonds is 12. The average molecular weight is 1530 g/mol. The van der Waals surface area contributed by atoms with E-state index in [1.54, 1.807) is 0 Å². The molecule has 558 valence electrons. The Hall–Kier alpha value is -15.8. The third-order valence-electron chi connectivity index (χ3n) is 26.1. The van der Waals surface area contributed by atoms with Crippen molar-refractivity contribution in [1.29, 1.82) is 0 Å². The molecule has 2 aliphatic rings. The molecule has 0 fully saturated rings. The molecular weight excluding hydrogens is 1450 g/mol. The maximum absolute atomic E-state index is 5.65. The Morgan fingerprint density at radius 2 is 0.458 bits per heavy atom. The Balaban J connectivity index is 0.578. The summed E-state index contributed by atoms with van der Waals surface area (Å²) in [5.74, 6) is 0.598. The first-order chi connectivity index (χ1) is 59.5. The first-order valence-electron chi connectivity index (χ1n) is 41.4. The number of hydrogen-bond acceptors (Lipinski definition) is 2. The summed E-state index contributed by atoms with van der Waals surface area (Å²) < 4.78 is 9.64. The average Bonchev–Trinajstić information content (AvgIpc) is 1.54. The fourth-order valence-corrected chi connectivity index (χ4v) is 21.0. The van der Waals surface area contributed by atoms with Gasteiger partial charge in [0.1, 0.15) is 0 Å². The molecule has 23 aromatic rings.